The minimum absolute atomic E-state index is 0.434. The lowest BCUT2D eigenvalue weighted by atomic mass is 10.2. The molecule has 0 bridgehead atoms. The molecule has 0 aliphatic rings. The van der Waals surface area contributed by atoms with Crippen molar-refractivity contribution in [2.24, 2.45) is 5.73 Å². The van der Waals surface area contributed by atoms with E-state index in [2.05, 4.69) is 15.3 Å². The van der Waals surface area contributed by atoms with Gasteiger partial charge in [0.15, 0.2) is 11.6 Å². The number of nitrogens with two attached hydrogens (primary N) is 1. The number of carbonyl (C=O) groups is 2. The van der Waals surface area contributed by atoms with Crippen LogP contribution in [0.4, 0.5) is 4.79 Å². The number of nitrogens with zero attached hydrogens (tertiary/aromatic N) is 2. The summed E-state index contributed by atoms with van der Waals surface area (Å²) >= 11 is 1.22. The lowest BCUT2D eigenvalue weighted by Crippen LogP contribution is -2.39. The first-order valence-electron chi connectivity index (χ1n) is 7.12. The Balaban J connectivity index is 1.99. The normalized spacial score (nSPS) is 12.0. The minimum atomic E-state index is -0.878. The molecule has 0 aliphatic heterocycles. The van der Waals surface area contributed by atoms with Crippen molar-refractivity contribution in [1.29, 1.82) is 0 Å². The van der Waals surface area contributed by atoms with Crippen molar-refractivity contribution in [3.63, 3.8) is 0 Å². The number of primary amides is 1. The first-order valence-corrected chi connectivity index (χ1v) is 8.00. The molecule has 0 aliphatic carbocycles. The summed E-state index contributed by atoms with van der Waals surface area (Å²) in [6.07, 6.45) is 1.55. The molecule has 3 rings (SSSR count). The third kappa shape index (κ3) is 3.38. The van der Waals surface area contributed by atoms with Crippen molar-refractivity contribution in [2.75, 3.05) is 0 Å². The summed E-state index contributed by atoms with van der Waals surface area (Å²) in [6.45, 7) is 1.67. The van der Waals surface area contributed by atoms with Gasteiger partial charge in [-0.3, -0.25) is 10.1 Å². The molecule has 8 heteroatoms. The van der Waals surface area contributed by atoms with Crippen molar-refractivity contribution in [3.8, 4) is 11.6 Å². The van der Waals surface area contributed by atoms with Crippen LogP contribution in [0.3, 0.4) is 0 Å². The summed E-state index contributed by atoms with van der Waals surface area (Å²) in [5.41, 5.74) is 5.72. The fourth-order valence-electron chi connectivity index (χ4n) is 2.10. The van der Waals surface area contributed by atoms with Gasteiger partial charge < -0.3 is 10.2 Å². The Morgan fingerprint density at radius 2 is 2.00 bits per heavy atom. The minimum Gasteiger partial charge on any atom is -0.461 e. The third-order valence-electron chi connectivity index (χ3n) is 3.21. The molecule has 1 aromatic carbocycles. The second-order valence-electron chi connectivity index (χ2n) is 4.96. The maximum atomic E-state index is 11.9. The predicted molar refractivity (Wildman–Crippen MR) is 90.3 cm³/mol. The Labute approximate surface area is 141 Å². The van der Waals surface area contributed by atoms with Gasteiger partial charge in [-0.25, -0.2) is 14.8 Å². The van der Waals surface area contributed by atoms with E-state index in [0.29, 0.717) is 16.6 Å². The second kappa shape index (κ2) is 6.71. The average Bonchev–Trinajstić information content (AvgIpc) is 3.08. The number of nitrogens with one attached hydrogen (secondary N) is 1. The van der Waals surface area contributed by atoms with Gasteiger partial charge in [0.1, 0.15) is 5.03 Å². The molecule has 0 fully saturated rings. The highest BCUT2D eigenvalue weighted by atomic mass is 32.2. The lowest BCUT2D eigenvalue weighted by Gasteiger charge is -2.12. The average molecular weight is 342 g/mol. The summed E-state index contributed by atoms with van der Waals surface area (Å²) < 4.78 is 5.35. The maximum Gasteiger partial charge on any atom is 0.318 e. The highest BCUT2D eigenvalue weighted by molar-refractivity contribution is 8.00. The van der Waals surface area contributed by atoms with Crippen LogP contribution in [0.5, 0.6) is 0 Å². The zero-order valence-electron chi connectivity index (χ0n) is 12.7. The number of furan rings is 1. The van der Waals surface area contributed by atoms with E-state index in [-0.39, 0.29) is 0 Å². The molecule has 0 radical (unpaired) electrons. The largest absolute Gasteiger partial charge is 0.461 e. The van der Waals surface area contributed by atoms with Crippen LogP contribution in [0.1, 0.15) is 6.92 Å². The van der Waals surface area contributed by atoms with E-state index in [1.54, 1.807) is 25.3 Å². The van der Waals surface area contributed by atoms with E-state index >= 15 is 0 Å². The van der Waals surface area contributed by atoms with E-state index < -0.39 is 17.2 Å². The van der Waals surface area contributed by atoms with Crippen LogP contribution < -0.4 is 11.1 Å². The zero-order valence-corrected chi connectivity index (χ0v) is 13.5. The topological polar surface area (TPSA) is 111 Å². The SMILES string of the molecule is C[C@H](Sc1nc(-c2ccco2)nc2ccccc12)C(=O)NC(N)=O. The molecule has 0 unspecified atom stereocenters. The van der Waals surface area contributed by atoms with Crippen LogP contribution in [0.2, 0.25) is 0 Å². The van der Waals surface area contributed by atoms with Crippen LogP contribution in [-0.4, -0.2) is 27.2 Å². The molecule has 0 spiro atoms. The van der Waals surface area contributed by atoms with E-state index in [4.69, 9.17) is 10.2 Å². The number of fused-ring (bicyclic) bond motifs is 1. The number of hydrogen-bond donors (Lipinski definition) is 2. The number of aromatic nitrogens is 2. The summed E-state index contributed by atoms with van der Waals surface area (Å²) in [6, 6.07) is 10.1. The van der Waals surface area contributed by atoms with Gasteiger partial charge in [0.05, 0.1) is 17.0 Å². The summed E-state index contributed by atoms with van der Waals surface area (Å²) in [4.78, 5) is 31.7. The molecule has 2 heterocycles. The molecule has 0 saturated heterocycles. The Bertz CT molecular complexity index is 895. The zero-order chi connectivity index (χ0) is 17.1. The van der Waals surface area contributed by atoms with Gasteiger partial charge in [0, 0.05) is 5.39 Å². The molecule has 1 atom stereocenters. The Morgan fingerprint density at radius 1 is 1.21 bits per heavy atom. The molecular weight excluding hydrogens is 328 g/mol. The van der Waals surface area contributed by atoms with Crippen molar-refractivity contribution >= 4 is 34.6 Å². The van der Waals surface area contributed by atoms with Gasteiger partial charge in [-0.2, -0.15) is 0 Å². The molecule has 7 nitrogen and oxygen atoms in total. The van der Waals surface area contributed by atoms with E-state index in [9.17, 15) is 9.59 Å². The molecule has 3 amide bonds. The van der Waals surface area contributed by atoms with Crippen molar-refractivity contribution in [3.05, 3.63) is 42.7 Å². The summed E-state index contributed by atoms with van der Waals surface area (Å²) in [5.74, 6) is 0.496. The lowest BCUT2D eigenvalue weighted by molar-refractivity contribution is -0.119. The molecule has 0 saturated carbocycles. The van der Waals surface area contributed by atoms with E-state index in [1.807, 2.05) is 24.3 Å². The van der Waals surface area contributed by atoms with Gasteiger partial charge in [0.2, 0.25) is 5.91 Å². The number of amides is 3. The number of rotatable bonds is 4. The van der Waals surface area contributed by atoms with Crippen LogP contribution in [0.15, 0.2) is 52.1 Å². The highest BCUT2D eigenvalue weighted by Gasteiger charge is 2.19. The molecule has 3 aromatic rings. The smallest absolute Gasteiger partial charge is 0.318 e. The monoisotopic (exact) mass is 342 g/mol. The number of urea groups is 1. The highest BCUT2D eigenvalue weighted by Crippen LogP contribution is 2.31. The van der Waals surface area contributed by atoms with E-state index in [1.165, 1.54) is 11.8 Å². The molecule has 2 aromatic heterocycles. The quantitative estimate of drug-likeness (QED) is 0.557. The Kier molecular flexibility index (Phi) is 4.48. The summed E-state index contributed by atoms with van der Waals surface area (Å²) in [5, 5.41) is 2.96. The van der Waals surface area contributed by atoms with Gasteiger partial charge in [-0.05, 0) is 25.1 Å². The molecular formula is C16H14N4O3S. The first-order chi connectivity index (χ1) is 11.5. The molecule has 3 N–H and O–H groups in total. The van der Waals surface area contributed by atoms with Crippen molar-refractivity contribution in [2.45, 2.75) is 17.2 Å². The number of hydrogen-bond acceptors (Lipinski definition) is 6. The first kappa shape index (κ1) is 16.0. The van der Waals surface area contributed by atoms with Crippen LogP contribution in [-0.2, 0) is 4.79 Å². The maximum absolute atomic E-state index is 11.9. The van der Waals surface area contributed by atoms with Crippen LogP contribution in [0.25, 0.3) is 22.5 Å². The number of carbonyl (C=O) groups excluding carboxylic acids is 2. The number of benzene rings is 1. The third-order valence-corrected chi connectivity index (χ3v) is 4.32. The van der Waals surface area contributed by atoms with Crippen LogP contribution in [0, 0.1) is 0 Å². The van der Waals surface area contributed by atoms with Gasteiger partial charge in [-0.1, -0.05) is 30.0 Å². The predicted octanol–water partition coefficient (Wildman–Crippen LogP) is 2.57. The van der Waals surface area contributed by atoms with Crippen LogP contribution >= 0.6 is 11.8 Å². The van der Waals surface area contributed by atoms with E-state index in [0.717, 1.165) is 10.9 Å². The van der Waals surface area contributed by atoms with Gasteiger partial charge in [-0.15, -0.1) is 0 Å². The fraction of sp³-hybridized carbons (Fsp3) is 0.125. The Morgan fingerprint density at radius 3 is 2.71 bits per heavy atom. The number of para-hydroxylation sites is 1. The van der Waals surface area contributed by atoms with Gasteiger partial charge >= 0.3 is 6.03 Å². The second-order valence-corrected chi connectivity index (χ2v) is 6.29. The fourth-order valence-corrected chi connectivity index (χ4v) is 3.04. The molecule has 24 heavy (non-hydrogen) atoms. The van der Waals surface area contributed by atoms with Gasteiger partial charge in [0.25, 0.3) is 0 Å². The number of thioether (sulfide) groups is 1. The summed E-state index contributed by atoms with van der Waals surface area (Å²) in [7, 11) is 0. The standard InChI is InChI=1S/C16H14N4O3S/c1-9(14(21)20-16(17)22)24-15-10-5-2-3-6-11(10)18-13(19-15)12-7-4-8-23-12/h2-9H,1H3,(H3,17,20,21,22)/t9-/m0/s1. The molecule has 122 valence electrons. The van der Waals surface area contributed by atoms with Crippen molar-refractivity contribution in [1.82, 2.24) is 15.3 Å². The Hall–Kier alpha value is -2.87. The number of imide groups is 1. The van der Waals surface area contributed by atoms with Crippen molar-refractivity contribution < 1.29 is 14.0 Å².